The van der Waals surface area contributed by atoms with E-state index in [9.17, 15) is 10.1 Å². The van der Waals surface area contributed by atoms with E-state index < -0.39 is 5.54 Å². The van der Waals surface area contributed by atoms with Crippen molar-refractivity contribution in [2.75, 3.05) is 39.8 Å². The average Bonchev–Trinajstić information content (AvgIpc) is 2.63. The number of nitrogens with one attached hydrogen (secondary N) is 3. The fourth-order valence-electron chi connectivity index (χ4n) is 3.49. The van der Waals surface area contributed by atoms with Crippen LogP contribution in [0.3, 0.4) is 0 Å². The molecule has 0 radical (unpaired) electrons. The lowest BCUT2D eigenvalue weighted by Crippen LogP contribution is -3.28. The molecule has 1 aliphatic heterocycles. The number of methoxy groups -OCH3 is 1. The predicted molar refractivity (Wildman–Crippen MR) is 105 cm³/mol. The SMILES string of the molecule is COc1ccc(C)cc1C[NH+]1CC[NH+](CC(=O)N[C@](C)(C#N)C(C)C)CC1. The molecule has 0 aliphatic carbocycles. The highest BCUT2D eigenvalue weighted by molar-refractivity contribution is 5.78. The number of benzene rings is 1. The second kappa shape index (κ2) is 9.20. The number of piperazine rings is 1. The molecule has 6 heteroatoms. The van der Waals surface area contributed by atoms with Gasteiger partial charge in [-0.15, -0.1) is 0 Å². The summed E-state index contributed by atoms with van der Waals surface area (Å²) in [5.41, 5.74) is 1.69. The molecular weight excluding hydrogens is 340 g/mol. The van der Waals surface area contributed by atoms with E-state index in [2.05, 4.69) is 30.4 Å². The van der Waals surface area contributed by atoms with E-state index in [1.165, 1.54) is 20.9 Å². The van der Waals surface area contributed by atoms with Crippen molar-refractivity contribution in [1.82, 2.24) is 5.32 Å². The summed E-state index contributed by atoms with van der Waals surface area (Å²) in [5, 5.41) is 12.3. The fraction of sp³-hybridized carbons (Fsp3) is 0.619. The zero-order valence-electron chi connectivity index (χ0n) is 17.3. The zero-order chi connectivity index (χ0) is 20.0. The van der Waals surface area contributed by atoms with Crippen LogP contribution in [0.4, 0.5) is 0 Å². The summed E-state index contributed by atoms with van der Waals surface area (Å²) in [7, 11) is 1.72. The van der Waals surface area contributed by atoms with Crippen molar-refractivity contribution >= 4 is 5.91 Å². The number of hydrogen-bond acceptors (Lipinski definition) is 3. The predicted octanol–water partition coefficient (Wildman–Crippen LogP) is -0.658. The van der Waals surface area contributed by atoms with E-state index in [1.807, 2.05) is 19.9 Å². The number of hydrogen-bond donors (Lipinski definition) is 3. The average molecular weight is 375 g/mol. The van der Waals surface area contributed by atoms with Gasteiger partial charge < -0.3 is 19.9 Å². The summed E-state index contributed by atoms with van der Waals surface area (Å²) in [6.07, 6.45) is 0. The molecule has 148 valence electrons. The number of nitrogens with zero attached hydrogens (tertiary/aromatic N) is 1. The number of carbonyl (C=O) groups is 1. The van der Waals surface area contributed by atoms with Gasteiger partial charge in [-0.1, -0.05) is 25.5 Å². The van der Waals surface area contributed by atoms with Crippen LogP contribution in [-0.2, 0) is 11.3 Å². The molecular formula is C21H34N4O2+2. The van der Waals surface area contributed by atoms with Gasteiger partial charge in [-0.3, -0.25) is 4.79 Å². The van der Waals surface area contributed by atoms with Crippen LogP contribution in [-0.4, -0.2) is 51.3 Å². The molecule has 2 rings (SSSR count). The Morgan fingerprint density at radius 2 is 1.93 bits per heavy atom. The molecule has 0 bridgehead atoms. The van der Waals surface area contributed by atoms with Gasteiger partial charge in [0.1, 0.15) is 44.0 Å². The van der Waals surface area contributed by atoms with Crippen molar-refractivity contribution in [3.63, 3.8) is 0 Å². The Hall–Kier alpha value is -2.10. The molecule has 1 atom stereocenters. The maximum atomic E-state index is 12.4. The number of rotatable bonds is 7. The molecule has 1 aromatic rings. The molecule has 0 saturated carbocycles. The fourth-order valence-corrected chi connectivity index (χ4v) is 3.49. The first kappa shape index (κ1) is 21.2. The Morgan fingerprint density at radius 3 is 2.48 bits per heavy atom. The molecule has 1 aliphatic rings. The number of nitriles is 1. The van der Waals surface area contributed by atoms with Crippen LogP contribution < -0.4 is 19.9 Å². The first-order valence-corrected chi connectivity index (χ1v) is 9.80. The summed E-state index contributed by atoms with van der Waals surface area (Å²) in [6, 6.07) is 8.55. The zero-order valence-corrected chi connectivity index (χ0v) is 17.3. The first-order valence-electron chi connectivity index (χ1n) is 9.80. The Bertz CT molecular complexity index is 690. The smallest absolute Gasteiger partial charge is 0.276 e. The molecule has 0 spiro atoms. The number of carbonyl (C=O) groups excluding carboxylic acids is 1. The van der Waals surface area contributed by atoms with Gasteiger partial charge in [0.2, 0.25) is 0 Å². The largest absolute Gasteiger partial charge is 0.496 e. The first-order chi connectivity index (χ1) is 12.8. The van der Waals surface area contributed by atoms with Gasteiger partial charge >= 0.3 is 0 Å². The number of ether oxygens (including phenoxy) is 1. The van der Waals surface area contributed by atoms with E-state index in [0.29, 0.717) is 6.54 Å². The molecule has 1 saturated heterocycles. The monoisotopic (exact) mass is 374 g/mol. The van der Waals surface area contributed by atoms with Gasteiger partial charge in [0, 0.05) is 5.56 Å². The molecule has 0 aromatic heterocycles. The van der Waals surface area contributed by atoms with E-state index in [0.717, 1.165) is 38.5 Å². The molecule has 3 N–H and O–H groups in total. The van der Waals surface area contributed by atoms with E-state index in [1.54, 1.807) is 14.0 Å². The molecule has 1 amide bonds. The number of aryl methyl sites for hydroxylation is 1. The minimum atomic E-state index is -0.800. The second-order valence-electron chi connectivity index (χ2n) is 8.19. The lowest BCUT2D eigenvalue weighted by atomic mass is 9.90. The van der Waals surface area contributed by atoms with Crippen molar-refractivity contribution in [3.8, 4) is 11.8 Å². The molecule has 27 heavy (non-hydrogen) atoms. The van der Waals surface area contributed by atoms with Crippen molar-refractivity contribution in [1.29, 1.82) is 5.26 Å². The number of quaternary nitrogens is 2. The summed E-state index contributed by atoms with van der Waals surface area (Å²) < 4.78 is 5.49. The van der Waals surface area contributed by atoms with Crippen molar-refractivity contribution < 1.29 is 19.3 Å². The highest BCUT2D eigenvalue weighted by Gasteiger charge is 2.32. The highest BCUT2D eigenvalue weighted by Crippen LogP contribution is 2.18. The van der Waals surface area contributed by atoms with Gasteiger partial charge in [-0.25, -0.2) is 0 Å². The Labute approximate surface area is 163 Å². The standard InChI is InChI=1S/C21H32N4O2/c1-16(2)21(4,15-22)23-20(26)14-25-10-8-24(9-11-25)13-18-12-17(3)6-7-19(18)27-5/h6-7,12,16H,8-11,13-14H2,1-5H3,(H,23,26)/p+2/t21-/m1/s1. The van der Waals surface area contributed by atoms with Crippen molar-refractivity contribution in [2.45, 2.75) is 39.8 Å². The third-order valence-corrected chi connectivity index (χ3v) is 5.74. The summed E-state index contributed by atoms with van der Waals surface area (Å²) >= 11 is 0. The molecule has 0 unspecified atom stereocenters. The van der Waals surface area contributed by atoms with Crippen LogP contribution in [0.1, 0.15) is 31.9 Å². The normalized spacial score (nSPS) is 22.0. The lowest BCUT2D eigenvalue weighted by molar-refractivity contribution is -1.02. The maximum Gasteiger partial charge on any atom is 0.276 e. The van der Waals surface area contributed by atoms with Gasteiger partial charge in [0.05, 0.1) is 13.2 Å². The van der Waals surface area contributed by atoms with Crippen LogP contribution in [0.15, 0.2) is 18.2 Å². The van der Waals surface area contributed by atoms with Crippen LogP contribution in [0.5, 0.6) is 5.75 Å². The Morgan fingerprint density at radius 1 is 1.30 bits per heavy atom. The van der Waals surface area contributed by atoms with E-state index in [-0.39, 0.29) is 11.8 Å². The third-order valence-electron chi connectivity index (χ3n) is 5.74. The van der Waals surface area contributed by atoms with Crippen LogP contribution in [0, 0.1) is 24.2 Å². The van der Waals surface area contributed by atoms with Crippen molar-refractivity contribution in [2.24, 2.45) is 5.92 Å². The van der Waals surface area contributed by atoms with Gasteiger partial charge in [0.15, 0.2) is 6.54 Å². The quantitative estimate of drug-likeness (QED) is 0.594. The topological polar surface area (TPSA) is 71.0 Å². The van der Waals surface area contributed by atoms with Crippen molar-refractivity contribution in [3.05, 3.63) is 29.3 Å². The Balaban J connectivity index is 1.85. The van der Waals surface area contributed by atoms with Gasteiger partial charge in [-0.2, -0.15) is 5.26 Å². The minimum Gasteiger partial charge on any atom is -0.496 e. The Kier molecular flexibility index (Phi) is 7.23. The van der Waals surface area contributed by atoms with Crippen LogP contribution in [0.2, 0.25) is 0 Å². The summed E-state index contributed by atoms with van der Waals surface area (Å²) in [6.45, 7) is 13.2. The maximum absolute atomic E-state index is 12.4. The van der Waals surface area contributed by atoms with Gasteiger partial charge in [-0.05, 0) is 31.9 Å². The van der Waals surface area contributed by atoms with E-state index in [4.69, 9.17) is 4.74 Å². The highest BCUT2D eigenvalue weighted by atomic mass is 16.5. The molecule has 1 heterocycles. The van der Waals surface area contributed by atoms with Gasteiger partial charge in [0.25, 0.3) is 5.91 Å². The lowest BCUT2D eigenvalue weighted by Gasteiger charge is -2.31. The summed E-state index contributed by atoms with van der Waals surface area (Å²) in [4.78, 5) is 15.2. The van der Waals surface area contributed by atoms with Crippen LogP contribution >= 0.6 is 0 Å². The van der Waals surface area contributed by atoms with E-state index >= 15 is 0 Å². The second-order valence-corrected chi connectivity index (χ2v) is 8.19. The number of amides is 1. The minimum absolute atomic E-state index is 0.0356. The van der Waals surface area contributed by atoms with Crippen LogP contribution in [0.25, 0.3) is 0 Å². The molecule has 6 nitrogen and oxygen atoms in total. The summed E-state index contributed by atoms with van der Waals surface area (Å²) in [5.74, 6) is 0.991. The third kappa shape index (κ3) is 5.69. The molecule has 1 fully saturated rings. The molecule has 1 aromatic carbocycles.